The minimum absolute atomic E-state index is 0.191. The molecular formula is C11H19NO2. The third-order valence-corrected chi connectivity index (χ3v) is 2.99. The second-order valence-corrected chi connectivity index (χ2v) is 4.05. The lowest BCUT2D eigenvalue weighted by atomic mass is 9.92. The number of rotatable bonds is 4. The van der Waals surface area contributed by atoms with Crippen molar-refractivity contribution in [3.8, 4) is 0 Å². The van der Waals surface area contributed by atoms with E-state index in [4.69, 9.17) is 0 Å². The summed E-state index contributed by atoms with van der Waals surface area (Å²) in [5.74, 6) is 0.918. The number of piperidine rings is 1. The number of likely N-dealkylation sites (tertiary alicyclic amines) is 1. The van der Waals surface area contributed by atoms with Gasteiger partial charge in [-0.3, -0.25) is 4.79 Å². The van der Waals surface area contributed by atoms with Gasteiger partial charge in [0.05, 0.1) is 0 Å². The molecule has 0 spiro atoms. The zero-order valence-corrected chi connectivity index (χ0v) is 8.87. The predicted molar refractivity (Wildman–Crippen MR) is 54.9 cm³/mol. The molecule has 1 amide bonds. The van der Waals surface area contributed by atoms with Crippen LogP contribution >= 0.6 is 0 Å². The van der Waals surface area contributed by atoms with Crippen molar-refractivity contribution in [2.24, 2.45) is 5.92 Å². The van der Waals surface area contributed by atoms with Gasteiger partial charge in [0.15, 0.2) is 0 Å². The van der Waals surface area contributed by atoms with E-state index in [9.17, 15) is 9.59 Å². The fourth-order valence-electron chi connectivity index (χ4n) is 2.03. The summed E-state index contributed by atoms with van der Waals surface area (Å²) in [6.45, 7) is 3.44. The van der Waals surface area contributed by atoms with Crippen LogP contribution in [0.15, 0.2) is 0 Å². The smallest absolute Gasteiger partial charge is 0.219 e. The molecule has 0 aromatic heterocycles. The number of hydrogen-bond donors (Lipinski definition) is 0. The van der Waals surface area contributed by atoms with Gasteiger partial charge in [-0.25, -0.2) is 0 Å². The maximum Gasteiger partial charge on any atom is 0.219 e. The van der Waals surface area contributed by atoms with E-state index >= 15 is 0 Å². The average Bonchev–Trinajstić information content (AvgIpc) is 2.19. The Morgan fingerprint density at radius 2 is 2.07 bits per heavy atom. The molecule has 0 unspecified atom stereocenters. The maximum atomic E-state index is 11.0. The highest BCUT2D eigenvalue weighted by Gasteiger charge is 2.19. The molecule has 0 bridgehead atoms. The summed E-state index contributed by atoms with van der Waals surface area (Å²) >= 11 is 0. The Balaban J connectivity index is 2.15. The van der Waals surface area contributed by atoms with E-state index in [1.165, 1.54) is 0 Å². The monoisotopic (exact) mass is 197 g/mol. The van der Waals surface area contributed by atoms with Gasteiger partial charge >= 0.3 is 0 Å². The summed E-state index contributed by atoms with van der Waals surface area (Å²) in [6, 6.07) is 0. The molecule has 14 heavy (non-hydrogen) atoms. The van der Waals surface area contributed by atoms with Crippen LogP contribution in [0.1, 0.15) is 39.0 Å². The number of hydrogen-bond acceptors (Lipinski definition) is 2. The molecule has 1 heterocycles. The van der Waals surface area contributed by atoms with Crippen molar-refractivity contribution in [1.29, 1.82) is 0 Å². The summed E-state index contributed by atoms with van der Waals surface area (Å²) in [6.07, 6.45) is 6.05. The fourth-order valence-corrected chi connectivity index (χ4v) is 2.03. The van der Waals surface area contributed by atoms with E-state index in [-0.39, 0.29) is 5.91 Å². The van der Waals surface area contributed by atoms with Gasteiger partial charge in [-0.1, -0.05) is 0 Å². The Morgan fingerprint density at radius 1 is 1.43 bits per heavy atom. The summed E-state index contributed by atoms with van der Waals surface area (Å²) in [7, 11) is 0. The number of unbranched alkanes of at least 4 members (excludes halogenated alkanes) is 1. The molecule has 0 aliphatic carbocycles. The molecule has 3 heteroatoms. The third-order valence-electron chi connectivity index (χ3n) is 2.99. The van der Waals surface area contributed by atoms with Crippen LogP contribution in [0.5, 0.6) is 0 Å². The second-order valence-electron chi connectivity index (χ2n) is 4.05. The van der Waals surface area contributed by atoms with Crippen LogP contribution in [-0.4, -0.2) is 30.2 Å². The lowest BCUT2D eigenvalue weighted by Crippen LogP contribution is -2.36. The summed E-state index contributed by atoms with van der Waals surface area (Å²) in [5, 5.41) is 0. The Kier molecular flexibility index (Phi) is 4.63. The zero-order chi connectivity index (χ0) is 10.4. The normalized spacial score (nSPS) is 18.2. The van der Waals surface area contributed by atoms with E-state index in [1.807, 2.05) is 4.90 Å². The van der Waals surface area contributed by atoms with Crippen molar-refractivity contribution >= 4 is 12.2 Å². The lowest BCUT2D eigenvalue weighted by molar-refractivity contribution is -0.130. The van der Waals surface area contributed by atoms with Gasteiger partial charge in [0.2, 0.25) is 5.91 Å². The Bertz CT molecular complexity index is 195. The van der Waals surface area contributed by atoms with Crippen molar-refractivity contribution in [1.82, 2.24) is 4.90 Å². The Labute approximate surface area is 85.5 Å². The molecule has 1 saturated heterocycles. The van der Waals surface area contributed by atoms with Crippen LogP contribution in [0.4, 0.5) is 0 Å². The molecule has 80 valence electrons. The first-order chi connectivity index (χ1) is 6.74. The number of carbonyl (C=O) groups is 2. The zero-order valence-electron chi connectivity index (χ0n) is 8.87. The fraction of sp³-hybridized carbons (Fsp3) is 0.818. The highest BCUT2D eigenvalue weighted by molar-refractivity contribution is 5.73. The molecule has 0 radical (unpaired) electrons. The summed E-state index contributed by atoms with van der Waals surface area (Å²) in [4.78, 5) is 23.1. The van der Waals surface area contributed by atoms with E-state index in [0.29, 0.717) is 6.42 Å². The Morgan fingerprint density at radius 3 is 2.57 bits per heavy atom. The molecular weight excluding hydrogens is 178 g/mol. The molecule has 1 aliphatic rings. The summed E-state index contributed by atoms with van der Waals surface area (Å²) < 4.78 is 0. The van der Waals surface area contributed by atoms with Crippen LogP contribution in [0.3, 0.4) is 0 Å². The topological polar surface area (TPSA) is 37.4 Å². The number of nitrogens with zero attached hydrogens (tertiary/aromatic N) is 1. The summed E-state index contributed by atoms with van der Waals surface area (Å²) in [5.41, 5.74) is 0. The SMILES string of the molecule is CC(=O)N1CCC(CCCC=O)CC1. The van der Waals surface area contributed by atoms with Gasteiger partial charge in [-0.2, -0.15) is 0 Å². The van der Waals surface area contributed by atoms with E-state index in [0.717, 1.165) is 51.0 Å². The lowest BCUT2D eigenvalue weighted by Gasteiger charge is -2.31. The van der Waals surface area contributed by atoms with Gasteiger partial charge < -0.3 is 9.69 Å². The van der Waals surface area contributed by atoms with Gasteiger partial charge in [-0.15, -0.1) is 0 Å². The van der Waals surface area contributed by atoms with Gasteiger partial charge in [0.25, 0.3) is 0 Å². The highest BCUT2D eigenvalue weighted by Crippen LogP contribution is 2.22. The molecule has 0 aromatic rings. The molecule has 0 saturated carbocycles. The van der Waals surface area contributed by atoms with Gasteiger partial charge in [0, 0.05) is 26.4 Å². The molecule has 1 aliphatic heterocycles. The molecule has 1 fully saturated rings. The standard InChI is InChI=1S/C11H19NO2/c1-10(14)12-7-5-11(6-8-12)4-2-3-9-13/h9,11H,2-8H2,1H3. The Hall–Kier alpha value is -0.860. The van der Waals surface area contributed by atoms with E-state index in [2.05, 4.69) is 0 Å². The van der Waals surface area contributed by atoms with Crippen LogP contribution in [0, 0.1) is 5.92 Å². The third kappa shape index (κ3) is 3.48. The van der Waals surface area contributed by atoms with Crippen LogP contribution in [0.25, 0.3) is 0 Å². The quantitative estimate of drug-likeness (QED) is 0.507. The highest BCUT2D eigenvalue weighted by atomic mass is 16.2. The number of carbonyl (C=O) groups excluding carboxylic acids is 2. The number of amides is 1. The van der Waals surface area contributed by atoms with Crippen molar-refractivity contribution in [3.63, 3.8) is 0 Å². The predicted octanol–water partition coefficient (Wildman–Crippen LogP) is 1.61. The van der Waals surface area contributed by atoms with Crippen molar-refractivity contribution in [3.05, 3.63) is 0 Å². The van der Waals surface area contributed by atoms with Crippen LogP contribution in [0.2, 0.25) is 0 Å². The minimum atomic E-state index is 0.191. The van der Waals surface area contributed by atoms with Crippen molar-refractivity contribution in [2.75, 3.05) is 13.1 Å². The molecule has 0 aromatic carbocycles. The van der Waals surface area contributed by atoms with Crippen molar-refractivity contribution in [2.45, 2.75) is 39.0 Å². The van der Waals surface area contributed by atoms with Gasteiger partial charge in [0.1, 0.15) is 6.29 Å². The second kappa shape index (κ2) is 5.78. The first-order valence-corrected chi connectivity index (χ1v) is 5.43. The van der Waals surface area contributed by atoms with Crippen LogP contribution in [-0.2, 0) is 9.59 Å². The van der Waals surface area contributed by atoms with E-state index < -0.39 is 0 Å². The maximum absolute atomic E-state index is 11.0. The van der Waals surface area contributed by atoms with E-state index in [1.54, 1.807) is 6.92 Å². The minimum Gasteiger partial charge on any atom is -0.343 e. The number of aldehydes is 1. The van der Waals surface area contributed by atoms with Gasteiger partial charge in [-0.05, 0) is 31.6 Å². The van der Waals surface area contributed by atoms with Crippen LogP contribution < -0.4 is 0 Å². The first kappa shape index (κ1) is 11.2. The molecule has 0 atom stereocenters. The molecule has 0 N–H and O–H groups in total. The molecule has 3 nitrogen and oxygen atoms in total. The first-order valence-electron chi connectivity index (χ1n) is 5.43. The van der Waals surface area contributed by atoms with Crippen molar-refractivity contribution < 1.29 is 9.59 Å². The largest absolute Gasteiger partial charge is 0.343 e. The molecule has 1 rings (SSSR count). The average molecular weight is 197 g/mol.